The molecule has 3 saturated carbocycles. The molecule has 0 N–H and O–H groups in total. The molecule has 0 saturated heterocycles. The van der Waals surface area contributed by atoms with Crippen molar-refractivity contribution < 1.29 is 0 Å². The van der Waals surface area contributed by atoms with Crippen LogP contribution in [0, 0.1) is 35.5 Å². The van der Waals surface area contributed by atoms with Crippen LogP contribution in [-0.2, 0) is 0 Å². The molecule has 3 aliphatic rings. The van der Waals surface area contributed by atoms with Crippen LogP contribution in [0.4, 0.5) is 0 Å². The minimum absolute atomic E-state index is 0.973. The van der Waals surface area contributed by atoms with Gasteiger partial charge in [0.15, 0.2) is 0 Å². The first kappa shape index (κ1) is 16.8. The summed E-state index contributed by atoms with van der Waals surface area (Å²) in [5.41, 5.74) is 0. The maximum atomic E-state index is 2.51. The quantitative estimate of drug-likeness (QED) is 0.514. The number of hydrogen-bond acceptors (Lipinski definition) is 0. The first-order valence-corrected chi connectivity index (χ1v) is 10.8. The van der Waals surface area contributed by atoms with E-state index in [0.717, 1.165) is 35.5 Å². The van der Waals surface area contributed by atoms with Crippen molar-refractivity contribution in [2.45, 2.75) is 104 Å². The monoisotopic (exact) mass is 304 g/mol. The molecule has 3 atom stereocenters. The van der Waals surface area contributed by atoms with Gasteiger partial charge < -0.3 is 0 Å². The van der Waals surface area contributed by atoms with Crippen molar-refractivity contribution in [1.82, 2.24) is 0 Å². The van der Waals surface area contributed by atoms with Crippen LogP contribution >= 0.6 is 0 Å². The van der Waals surface area contributed by atoms with E-state index >= 15 is 0 Å². The molecule has 3 rings (SSSR count). The second kappa shape index (κ2) is 8.20. The van der Waals surface area contributed by atoms with Crippen LogP contribution in [0.1, 0.15) is 104 Å². The van der Waals surface area contributed by atoms with E-state index < -0.39 is 0 Å². The second-order valence-electron chi connectivity index (χ2n) is 9.15. The Balaban J connectivity index is 1.46. The fourth-order valence-electron chi connectivity index (χ4n) is 6.24. The standard InChI is InChI=1S/C22H40/c1-3-17(2)21-10-7-11-22(16-21)20-14-12-19(13-15-20)18-8-5-4-6-9-18/h17-22H,3-16H2,1-2H3. The highest BCUT2D eigenvalue weighted by Gasteiger charge is 2.34. The van der Waals surface area contributed by atoms with Crippen LogP contribution in [0.25, 0.3) is 0 Å². The highest BCUT2D eigenvalue weighted by atomic mass is 14.4. The number of rotatable bonds is 4. The molecule has 0 bridgehead atoms. The van der Waals surface area contributed by atoms with Crippen molar-refractivity contribution in [1.29, 1.82) is 0 Å². The average molecular weight is 305 g/mol. The molecular formula is C22H40. The van der Waals surface area contributed by atoms with Gasteiger partial charge in [0.25, 0.3) is 0 Å². The molecule has 0 amide bonds. The first-order valence-electron chi connectivity index (χ1n) is 10.8. The summed E-state index contributed by atoms with van der Waals surface area (Å²) in [4.78, 5) is 0. The van der Waals surface area contributed by atoms with Crippen LogP contribution in [-0.4, -0.2) is 0 Å². The summed E-state index contributed by atoms with van der Waals surface area (Å²) in [6.07, 6.45) is 21.6. The Morgan fingerprint density at radius 2 is 1.18 bits per heavy atom. The van der Waals surface area contributed by atoms with E-state index in [1.807, 2.05) is 0 Å². The molecule has 0 aromatic carbocycles. The molecule has 22 heavy (non-hydrogen) atoms. The van der Waals surface area contributed by atoms with Crippen LogP contribution in [0.15, 0.2) is 0 Å². The van der Waals surface area contributed by atoms with Gasteiger partial charge in [0.1, 0.15) is 0 Å². The Morgan fingerprint density at radius 1 is 0.636 bits per heavy atom. The van der Waals surface area contributed by atoms with Crippen molar-refractivity contribution in [3.05, 3.63) is 0 Å². The summed E-state index contributed by atoms with van der Waals surface area (Å²) in [5.74, 6) is 6.47. The zero-order valence-electron chi connectivity index (χ0n) is 15.4. The van der Waals surface area contributed by atoms with Gasteiger partial charge in [-0.1, -0.05) is 71.6 Å². The lowest BCUT2D eigenvalue weighted by Gasteiger charge is -2.42. The van der Waals surface area contributed by atoms with Crippen molar-refractivity contribution in [2.24, 2.45) is 35.5 Å². The third-order valence-electron chi connectivity index (χ3n) is 8.00. The Morgan fingerprint density at radius 3 is 1.82 bits per heavy atom. The predicted octanol–water partition coefficient (Wildman–Crippen LogP) is 7.23. The molecule has 0 aromatic heterocycles. The zero-order valence-corrected chi connectivity index (χ0v) is 15.4. The highest BCUT2D eigenvalue weighted by molar-refractivity contribution is 4.86. The van der Waals surface area contributed by atoms with E-state index in [4.69, 9.17) is 0 Å². The van der Waals surface area contributed by atoms with Crippen LogP contribution in [0.2, 0.25) is 0 Å². The lowest BCUT2D eigenvalue weighted by atomic mass is 9.64. The van der Waals surface area contributed by atoms with Crippen LogP contribution < -0.4 is 0 Å². The van der Waals surface area contributed by atoms with Gasteiger partial charge in [-0.15, -0.1) is 0 Å². The van der Waals surface area contributed by atoms with E-state index in [0.29, 0.717) is 0 Å². The smallest absolute Gasteiger partial charge is 0.0383 e. The summed E-state index contributed by atoms with van der Waals surface area (Å²) in [7, 11) is 0. The molecule has 0 heteroatoms. The minimum atomic E-state index is 0.973. The molecule has 0 radical (unpaired) electrons. The van der Waals surface area contributed by atoms with Gasteiger partial charge >= 0.3 is 0 Å². The lowest BCUT2D eigenvalue weighted by molar-refractivity contribution is 0.0956. The van der Waals surface area contributed by atoms with Gasteiger partial charge in [0.2, 0.25) is 0 Å². The fourth-order valence-corrected chi connectivity index (χ4v) is 6.24. The molecular weight excluding hydrogens is 264 g/mol. The largest absolute Gasteiger partial charge is 0.0651 e. The highest BCUT2D eigenvalue weighted by Crippen LogP contribution is 2.46. The second-order valence-corrected chi connectivity index (χ2v) is 9.15. The van der Waals surface area contributed by atoms with Crippen molar-refractivity contribution in [2.75, 3.05) is 0 Å². The predicted molar refractivity (Wildman–Crippen MR) is 96.9 cm³/mol. The van der Waals surface area contributed by atoms with E-state index in [9.17, 15) is 0 Å². The maximum Gasteiger partial charge on any atom is -0.0383 e. The number of hydrogen-bond donors (Lipinski definition) is 0. The lowest BCUT2D eigenvalue weighted by Crippen LogP contribution is -2.30. The molecule has 0 heterocycles. The van der Waals surface area contributed by atoms with E-state index in [1.54, 1.807) is 51.4 Å². The van der Waals surface area contributed by atoms with Crippen molar-refractivity contribution in [3.8, 4) is 0 Å². The minimum Gasteiger partial charge on any atom is -0.0651 e. The topological polar surface area (TPSA) is 0 Å². The fraction of sp³-hybridized carbons (Fsp3) is 1.00. The summed E-state index contributed by atoms with van der Waals surface area (Å²) in [6.45, 7) is 4.90. The Hall–Kier alpha value is 0. The van der Waals surface area contributed by atoms with Gasteiger partial charge in [0, 0.05) is 0 Å². The third kappa shape index (κ3) is 4.09. The Bertz CT molecular complexity index is 306. The van der Waals surface area contributed by atoms with Crippen molar-refractivity contribution in [3.63, 3.8) is 0 Å². The van der Waals surface area contributed by atoms with Gasteiger partial charge in [-0.2, -0.15) is 0 Å². The van der Waals surface area contributed by atoms with E-state index in [-0.39, 0.29) is 0 Å². The SMILES string of the molecule is CCC(C)C1CCCC(C2CCC(C3CCCCC3)CC2)C1. The van der Waals surface area contributed by atoms with Gasteiger partial charge in [0.05, 0.1) is 0 Å². The zero-order chi connectivity index (χ0) is 15.4. The molecule has 0 aromatic rings. The summed E-state index contributed by atoms with van der Waals surface area (Å²) >= 11 is 0. The van der Waals surface area contributed by atoms with Gasteiger partial charge in [-0.05, 0) is 67.6 Å². The summed E-state index contributed by atoms with van der Waals surface area (Å²) in [5, 5.41) is 0. The van der Waals surface area contributed by atoms with Crippen LogP contribution in [0.3, 0.4) is 0 Å². The molecule has 3 fully saturated rings. The van der Waals surface area contributed by atoms with Gasteiger partial charge in [-0.25, -0.2) is 0 Å². The molecule has 0 nitrogen and oxygen atoms in total. The first-order chi connectivity index (χ1) is 10.8. The normalized spacial score (nSPS) is 39.5. The average Bonchev–Trinajstić information content (AvgIpc) is 2.62. The Kier molecular flexibility index (Phi) is 6.28. The maximum absolute atomic E-state index is 2.51. The molecule has 0 spiro atoms. The van der Waals surface area contributed by atoms with E-state index in [2.05, 4.69) is 13.8 Å². The summed E-state index contributed by atoms with van der Waals surface area (Å²) in [6, 6.07) is 0. The van der Waals surface area contributed by atoms with Crippen molar-refractivity contribution >= 4 is 0 Å². The summed E-state index contributed by atoms with van der Waals surface area (Å²) < 4.78 is 0. The Labute approximate surface area is 139 Å². The molecule has 0 aliphatic heterocycles. The molecule has 3 unspecified atom stereocenters. The van der Waals surface area contributed by atoms with Crippen LogP contribution in [0.5, 0.6) is 0 Å². The molecule has 3 aliphatic carbocycles. The van der Waals surface area contributed by atoms with E-state index in [1.165, 1.54) is 38.5 Å². The van der Waals surface area contributed by atoms with Gasteiger partial charge in [-0.3, -0.25) is 0 Å². The molecule has 128 valence electrons. The third-order valence-corrected chi connectivity index (χ3v) is 8.00.